The Morgan fingerprint density at radius 3 is 2.81 bits per heavy atom. The van der Waals surface area contributed by atoms with Crippen LogP contribution in [0.15, 0.2) is 0 Å². The highest BCUT2D eigenvalue weighted by Gasteiger charge is 2.33. The monoisotopic (exact) mass is 230 g/mol. The van der Waals surface area contributed by atoms with E-state index in [9.17, 15) is 9.90 Å². The van der Waals surface area contributed by atoms with Gasteiger partial charge in [0.1, 0.15) is 0 Å². The highest BCUT2D eigenvalue weighted by molar-refractivity contribution is 5.79. The molecule has 0 radical (unpaired) electrons. The number of amides is 1. The molecule has 0 aromatic rings. The van der Waals surface area contributed by atoms with Crippen molar-refractivity contribution in [2.45, 2.75) is 31.9 Å². The summed E-state index contributed by atoms with van der Waals surface area (Å²) in [4.78, 5) is 11.8. The summed E-state index contributed by atoms with van der Waals surface area (Å²) in [6, 6.07) is 0.0755. The minimum atomic E-state index is -0.829. The molecule has 1 aliphatic heterocycles. The average Bonchev–Trinajstić information content (AvgIpc) is 2.74. The molecule has 5 heteroatoms. The second kappa shape index (κ2) is 5.61. The quantitative estimate of drug-likeness (QED) is 0.595. The van der Waals surface area contributed by atoms with Crippen molar-refractivity contribution >= 4 is 5.91 Å². The first-order valence-corrected chi connectivity index (χ1v) is 5.75. The van der Waals surface area contributed by atoms with E-state index in [4.69, 9.17) is 4.74 Å². The largest absolute Gasteiger partial charge is 0.388 e. The predicted molar refractivity (Wildman–Crippen MR) is 61.1 cm³/mol. The topological polar surface area (TPSA) is 70.6 Å². The number of likely N-dealkylation sites (N-methyl/N-ethyl adjacent to an activating group) is 1. The summed E-state index contributed by atoms with van der Waals surface area (Å²) >= 11 is 0. The smallest absolute Gasteiger partial charge is 0.227 e. The molecule has 1 fully saturated rings. The summed E-state index contributed by atoms with van der Waals surface area (Å²) in [5.74, 6) is -0.205. The van der Waals surface area contributed by atoms with Crippen molar-refractivity contribution in [2.75, 3.05) is 26.8 Å². The summed E-state index contributed by atoms with van der Waals surface area (Å²) in [7, 11) is 1.82. The molecule has 0 saturated carbocycles. The molecule has 0 aliphatic carbocycles. The van der Waals surface area contributed by atoms with E-state index in [1.807, 2.05) is 14.0 Å². The second-order valence-electron chi connectivity index (χ2n) is 4.61. The van der Waals surface area contributed by atoms with Crippen LogP contribution < -0.4 is 10.6 Å². The molecule has 0 aromatic heterocycles. The molecule has 16 heavy (non-hydrogen) atoms. The molecule has 3 atom stereocenters. The number of hydrogen-bond acceptors (Lipinski definition) is 4. The predicted octanol–water partition coefficient (Wildman–Crippen LogP) is -0.502. The average molecular weight is 230 g/mol. The number of hydrogen-bond donors (Lipinski definition) is 3. The van der Waals surface area contributed by atoms with Crippen LogP contribution in [0, 0.1) is 5.92 Å². The van der Waals surface area contributed by atoms with E-state index >= 15 is 0 Å². The number of carbonyl (C=O) groups is 1. The van der Waals surface area contributed by atoms with Gasteiger partial charge >= 0.3 is 0 Å². The van der Waals surface area contributed by atoms with Gasteiger partial charge in [-0.2, -0.15) is 0 Å². The lowest BCUT2D eigenvalue weighted by Gasteiger charge is -2.23. The molecule has 1 amide bonds. The maximum Gasteiger partial charge on any atom is 0.227 e. The van der Waals surface area contributed by atoms with Crippen molar-refractivity contribution in [1.82, 2.24) is 10.6 Å². The molecule has 94 valence electrons. The minimum Gasteiger partial charge on any atom is -0.388 e. The Morgan fingerprint density at radius 2 is 2.25 bits per heavy atom. The van der Waals surface area contributed by atoms with Crippen LogP contribution >= 0.6 is 0 Å². The van der Waals surface area contributed by atoms with Crippen molar-refractivity contribution in [2.24, 2.45) is 5.92 Å². The Bertz CT molecular complexity index is 243. The number of nitrogens with one attached hydrogen (secondary N) is 2. The zero-order valence-corrected chi connectivity index (χ0v) is 10.2. The molecule has 1 rings (SSSR count). The lowest BCUT2D eigenvalue weighted by molar-refractivity contribution is -0.126. The third-order valence-corrected chi connectivity index (χ3v) is 3.19. The number of carbonyl (C=O) groups excluding carboxylic acids is 1. The molecule has 1 saturated heterocycles. The fraction of sp³-hybridized carbons (Fsp3) is 0.909. The minimum absolute atomic E-state index is 0.0504. The SMILES string of the molecule is CCC(C)(O)CNC(=O)C1COCC1NC. The molecule has 5 nitrogen and oxygen atoms in total. The molecule has 1 heterocycles. The van der Waals surface area contributed by atoms with Crippen molar-refractivity contribution in [3.63, 3.8) is 0 Å². The Labute approximate surface area is 96.6 Å². The summed E-state index contributed by atoms with van der Waals surface area (Å²) in [6.07, 6.45) is 0.615. The van der Waals surface area contributed by atoms with Crippen LogP contribution in [0.1, 0.15) is 20.3 Å². The van der Waals surface area contributed by atoms with Crippen LogP contribution in [0.2, 0.25) is 0 Å². The third-order valence-electron chi connectivity index (χ3n) is 3.19. The van der Waals surface area contributed by atoms with Gasteiger partial charge in [0.25, 0.3) is 0 Å². The van der Waals surface area contributed by atoms with Gasteiger partial charge in [-0.15, -0.1) is 0 Å². The van der Waals surface area contributed by atoms with E-state index in [0.717, 1.165) is 0 Å². The molecule has 1 aliphatic rings. The highest BCUT2D eigenvalue weighted by atomic mass is 16.5. The zero-order chi connectivity index (χ0) is 12.2. The van der Waals surface area contributed by atoms with E-state index < -0.39 is 5.60 Å². The van der Waals surface area contributed by atoms with Gasteiger partial charge in [-0.25, -0.2) is 0 Å². The molecule has 3 N–H and O–H groups in total. The Kier molecular flexibility index (Phi) is 4.70. The first kappa shape index (κ1) is 13.4. The first-order valence-electron chi connectivity index (χ1n) is 5.75. The molecule has 0 bridgehead atoms. The summed E-state index contributed by atoms with van der Waals surface area (Å²) < 4.78 is 5.25. The summed E-state index contributed by atoms with van der Waals surface area (Å²) in [5, 5.41) is 15.6. The van der Waals surface area contributed by atoms with Gasteiger partial charge in [0.15, 0.2) is 0 Å². The molecule has 3 unspecified atom stereocenters. The highest BCUT2D eigenvalue weighted by Crippen LogP contribution is 2.14. The van der Waals surface area contributed by atoms with Crippen LogP contribution in [0.5, 0.6) is 0 Å². The van der Waals surface area contributed by atoms with Gasteiger partial charge in [-0.1, -0.05) is 6.92 Å². The molecular formula is C11H22N2O3. The van der Waals surface area contributed by atoms with Crippen LogP contribution in [-0.2, 0) is 9.53 Å². The van der Waals surface area contributed by atoms with E-state index in [1.165, 1.54) is 0 Å². The summed E-state index contributed by atoms with van der Waals surface area (Å²) in [6.45, 7) is 4.91. The maximum absolute atomic E-state index is 11.8. The zero-order valence-electron chi connectivity index (χ0n) is 10.2. The van der Waals surface area contributed by atoms with E-state index in [0.29, 0.717) is 19.6 Å². The van der Waals surface area contributed by atoms with Gasteiger partial charge in [0, 0.05) is 12.6 Å². The van der Waals surface area contributed by atoms with Gasteiger partial charge in [0.05, 0.1) is 24.7 Å². The van der Waals surface area contributed by atoms with Gasteiger partial charge in [-0.3, -0.25) is 4.79 Å². The lowest BCUT2D eigenvalue weighted by Crippen LogP contribution is -2.47. The van der Waals surface area contributed by atoms with Gasteiger partial charge in [0.2, 0.25) is 5.91 Å². The number of rotatable bonds is 5. The van der Waals surface area contributed by atoms with Crippen molar-refractivity contribution in [3.8, 4) is 0 Å². The number of ether oxygens (including phenoxy) is 1. The van der Waals surface area contributed by atoms with Crippen LogP contribution in [0.3, 0.4) is 0 Å². The van der Waals surface area contributed by atoms with Crippen molar-refractivity contribution < 1.29 is 14.6 Å². The van der Waals surface area contributed by atoms with E-state index in [1.54, 1.807) is 6.92 Å². The maximum atomic E-state index is 11.8. The lowest BCUT2D eigenvalue weighted by atomic mass is 10.0. The fourth-order valence-corrected chi connectivity index (χ4v) is 1.63. The molecule has 0 aromatic carbocycles. The Balaban J connectivity index is 2.40. The van der Waals surface area contributed by atoms with Crippen LogP contribution in [0.25, 0.3) is 0 Å². The number of aliphatic hydroxyl groups is 1. The standard InChI is InChI=1S/C11H22N2O3/c1-4-11(2,15)7-13-10(14)8-5-16-6-9(8)12-3/h8-9,12,15H,4-7H2,1-3H3,(H,13,14). The Morgan fingerprint density at radius 1 is 1.56 bits per heavy atom. The second-order valence-corrected chi connectivity index (χ2v) is 4.61. The van der Waals surface area contributed by atoms with Crippen molar-refractivity contribution in [3.05, 3.63) is 0 Å². The van der Waals surface area contributed by atoms with Crippen LogP contribution in [-0.4, -0.2) is 49.5 Å². The molecular weight excluding hydrogens is 208 g/mol. The van der Waals surface area contributed by atoms with Gasteiger partial charge in [-0.05, 0) is 20.4 Å². The third kappa shape index (κ3) is 3.43. The Hall–Kier alpha value is -0.650. The van der Waals surface area contributed by atoms with E-state index in [2.05, 4.69) is 10.6 Å². The van der Waals surface area contributed by atoms with Gasteiger partial charge < -0.3 is 20.5 Å². The fourth-order valence-electron chi connectivity index (χ4n) is 1.63. The van der Waals surface area contributed by atoms with Crippen LogP contribution in [0.4, 0.5) is 0 Å². The normalized spacial score (nSPS) is 28.8. The van der Waals surface area contributed by atoms with E-state index in [-0.39, 0.29) is 24.4 Å². The summed E-state index contributed by atoms with van der Waals surface area (Å²) in [5.41, 5.74) is -0.829. The van der Waals surface area contributed by atoms with Crippen molar-refractivity contribution in [1.29, 1.82) is 0 Å². The molecule has 0 spiro atoms. The first-order chi connectivity index (χ1) is 7.50.